The van der Waals surface area contributed by atoms with E-state index in [1.165, 1.54) is 0 Å². The summed E-state index contributed by atoms with van der Waals surface area (Å²) in [5.74, 6) is -1.54. The molecule has 3 aliphatic heterocycles. The number of hydrogen-bond acceptors (Lipinski definition) is 6. The topological polar surface area (TPSA) is 117 Å². The van der Waals surface area contributed by atoms with Crippen molar-refractivity contribution in [3.05, 3.63) is 24.3 Å². The zero-order chi connectivity index (χ0) is 31.1. The van der Waals surface area contributed by atoms with Crippen LogP contribution in [0.4, 0.5) is 5.69 Å². The number of fused-ring (bicyclic) bond motifs is 1. The van der Waals surface area contributed by atoms with E-state index >= 15 is 0 Å². The maximum atomic E-state index is 14.3. The van der Waals surface area contributed by atoms with Crippen molar-refractivity contribution < 1.29 is 29.0 Å². The molecule has 3 amide bonds. The van der Waals surface area contributed by atoms with E-state index < -0.39 is 34.6 Å². The molecular weight excluding hydrogens is 534 g/mol. The quantitative estimate of drug-likeness (QED) is 0.311. The van der Waals surface area contributed by atoms with Gasteiger partial charge in [-0.2, -0.15) is 0 Å². The maximum absolute atomic E-state index is 14.3. The molecule has 0 radical (unpaired) electrons. The van der Waals surface area contributed by atoms with Crippen LogP contribution in [0.1, 0.15) is 87.5 Å². The van der Waals surface area contributed by atoms with Crippen molar-refractivity contribution in [1.82, 2.24) is 10.2 Å². The minimum absolute atomic E-state index is 0.0125. The van der Waals surface area contributed by atoms with Crippen molar-refractivity contribution in [3.8, 4) is 5.75 Å². The number of carbonyl (C=O) groups excluding carboxylic acids is 3. The summed E-state index contributed by atoms with van der Waals surface area (Å²) in [5, 5.41) is 15.6. The first-order valence-corrected chi connectivity index (χ1v) is 15.6. The van der Waals surface area contributed by atoms with Crippen LogP contribution in [0.15, 0.2) is 24.3 Å². The second-order valence-electron chi connectivity index (χ2n) is 14.6. The molecular formula is C33H51N3O6. The van der Waals surface area contributed by atoms with Gasteiger partial charge < -0.3 is 30.1 Å². The Morgan fingerprint density at radius 3 is 2.36 bits per heavy atom. The van der Waals surface area contributed by atoms with Gasteiger partial charge in [-0.3, -0.25) is 14.4 Å². The largest absolute Gasteiger partial charge is 0.494 e. The summed E-state index contributed by atoms with van der Waals surface area (Å²) in [7, 11) is 0. The highest BCUT2D eigenvalue weighted by Crippen LogP contribution is 2.65. The fourth-order valence-electron chi connectivity index (χ4n) is 8.04. The lowest BCUT2D eigenvalue weighted by molar-refractivity contribution is -0.147. The van der Waals surface area contributed by atoms with E-state index in [4.69, 9.17) is 9.47 Å². The van der Waals surface area contributed by atoms with Crippen LogP contribution in [-0.2, 0) is 19.1 Å². The van der Waals surface area contributed by atoms with Crippen molar-refractivity contribution in [1.29, 1.82) is 0 Å². The third-order valence-electron chi connectivity index (χ3n) is 9.27. The fourth-order valence-corrected chi connectivity index (χ4v) is 8.04. The predicted molar refractivity (Wildman–Crippen MR) is 162 cm³/mol. The molecule has 6 atom stereocenters. The van der Waals surface area contributed by atoms with Crippen molar-refractivity contribution in [2.24, 2.45) is 23.2 Å². The molecule has 0 aromatic heterocycles. The molecule has 1 spiro atoms. The summed E-state index contributed by atoms with van der Waals surface area (Å²) in [4.78, 5) is 44.2. The van der Waals surface area contributed by atoms with E-state index in [0.29, 0.717) is 43.9 Å². The number of nitrogens with one attached hydrogen (secondary N) is 2. The van der Waals surface area contributed by atoms with Gasteiger partial charge >= 0.3 is 0 Å². The third kappa shape index (κ3) is 6.05. The summed E-state index contributed by atoms with van der Waals surface area (Å²) < 4.78 is 12.4. The number of unbranched alkanes of at least 4 members (excludes halogenated alkanes) is 2. The molecule has 3 N–H and O–H groups in total. The van der Waals surface area contributed by atoms with Crippen molar-refractivity contribution in [3.63, 3.8) is 0 Å². The van der Waals surface area contributed by atoms with Crippen molar-refractivity contribution >= 4 is 23.4 Å². The average Bonchev–Trinajstić information content (AvgIpc) is 3.38. The number of aliphatic hydroxyl groups is 1. The molecule has 2 bridgehead atoms. The Balaban J connectivity index is 1.67. The maximum Gasteiger partial charge on any atom is 0.246 e. The van der Waals surface area contributed by atoms with E-state index in [1.54, 1.807) is 29.2 Å². The number of anilines is 1. The summed E-state index contributed by atoms with van der Waals surface area (Å²) in [6, 6.07) is 6.34. The summed E-state index contributed by atoms with van der Waals surface area (Å²) in [6.07, 6.45) is 3.29. The predicted octanol–water partition coefficient (Wildman–Crippen LogP) is 4.53. The van der Waals surface area contributed by atoms with Crippen LogP contribution in [0.5, 0.6) is 5.75 Å². The molecule has 1 aromatic rings. The second-order valence-corrected chi connectivity index (χ2v) is 14.6. The number of likely N-dealkylation sites (tertiary alicyclic amines) is 1. The first-order chi connectivity index (χ1) is 19.6. The van der Waals surface area contributed by atoms with Crippen LogP contribution >= 0.6 is 0 Å². The smallest absolute Gasteiger partial charge is 0.246 e. The number of rotatable bonds is 12. The number of amides is 3. The molecule has 3 unspecified atom stereocenters. The molecule has 42 heavy (non-hydrogen) atoms. The summed E-state index contributed by atoms with van der Waals surface area (Å²) in [6.45, 7) is 17.3. The number of benzene rings is 1. The highest BCUT2D eigenvalue weighted by atomic mass is 16.5. The SMILES string of the molecule is CCOc1ccc(NC(=O)[C@@H]2[C@H]3C(=O)N(CCCCCO)C(C(=O)NC(C)(C)CC(C)(C)C)C34CC(C)[C@@]2(C)O4)cc1. The van der Waals surface area contributed by atoms with Gasteiger partial charge in [-0.25, -0.2) is 0 Å². The lowest BCUT2D eigenvalue weighted by atomic mass is 9.62. The van der Waals surface area contributed by atoms with Gasteiger partial charge in [0.25, 0.3) is 0 Å². The monoisotopic (exact) mass is 585 g/mol. The zero-order valence-electron chi connectivity index (χ0n) is 26.7. The highest BCUT2D eigenvalue weighted by molar-refractivity contribution is 6.02. The fraction of sp³-hybridized carbons (Fsp3) is 0.727. The van der Waals surface area contributed by atoms with Gasteiger partial charge in [0.1, 0.15) is 17.4 Å². The zero-order valence-corrected chi connectivity index (χ0v) is 26.7. The average molecular weight is 586 g/mol. The van der Waals surface area contributed by atoms with Crippen molar-refractivity contribution in [2.75, 3.05) is 25.1 Å². The Kier molecular flexibility index (Phi) is 9.06. The first-order valence-electron chi connectivity index (χ1n) is 15.6. The molecule has 234 valence electrons. The minimum Gasteiger partial charge on any atom is -0.494 e. The number of nitrogens with zero attached hydrogens (tertiary/aromatic N) is 1. The summed E-state index contributed by atoms with van der Waals surface area (Å²) >= 11 is 0. The molecule has 4 rings (SSSR count). The van der Waals surface area contributed by atoms with Gasteiger partial charge in [0.2, 0.25) is 17.7 Å². The molecule has 3 heterocycles. The number of aliphatic hydroxyl groups excluding tert-OH is 1. The van der Waals surface area contributed by atoms with Gasteiger partial charge in [0.15, 0.2) is 0 Å². The number of hydrogen-bond donors (Lipinski definition) is 3. The van der Waals surface area contributed by atoms with Gasteiger partial charge in [-0.05, 0) is 95.4 Å². The normalized spacial score (nSPS) is 30.4. The van der Waals surface area contributed by atoms with Gasteiger partial charge in [-0.1, -0.05) is 27.7 Å². The lowest BCUT2D eigenvalue weighted by Crippen LogP contribution is -2.59. The van der Waals surface area contributed by atoms with Crippen LogP contribution in [-0.4, -0.2) is 70.3 Å². The van der Waals surface area contributed by atoms with E-state index in [9.17, 15) is 19.5 Å². The molecule has 9 heteroatoms. The Morgan fingerprint density at radius 1 is 1.10 bits per heavy atom. The van der Waals surface area contributed by atoms with E-state index in [2.05, 4.69) is 38.3 Å². The van der Waals surface area contributed by atoms with E-state index in [1.807, 2.05) is 27.7 Å². The standard InChI is InChI=1S/C33H51N3O6/c1-9-41-23-15-13-22(14-16-23)34-27(38)24-25-29(40)36(17-11-10-12-18-37)26(33(25)19-21(2)32(24,8)42-33)28(39)35-31(6,7)20-30(3,4)5/h13-16,21,24-26,37H,9-12,17-20H2,1-8H3,(H,34,38)(H,35,39)/t21?,24-,25-,26?,32+,33?/m0/s1. The van der Waals surface area contributed by atoms with E-state index in [-0.39, 0.29) is 35.7 Å². The molecule has 0 aliphatic carbocycles. The Morgan fingerprint density at radius 2 is 1.76 bits per heavy atom. The van der Waals surface area contributed by atoms with Crippen LogP contribution in [0, 0.1) is 23.2 Å². The molecule has 1 aromatic carbocycles. The van der Waals surface area contributed by atoms with Crippen LogP contribution in [0.3, 0.4) is 0 Å². The van der Waals surface area contributed by atoms with Crippen LogP contribution < -0.4 is 15.4 Å². The molecule has 0 saturated carbocycles. The van der Waals surface area contributed by atoms with E-state index in [0.717, 1.165) is 12.8 Å². The van der Waals surface area contributed by atoms with Crippen LogP contribution in [0.2, 0.25) is 0 Å². The molecule has 3 saturated heterocycles. The molecule has 3 aliphatic rings. The van der Waals surface area contributed by atoms with Gasteiger partial charge in [0, 0.05) is 24.4 Å². The Bertz CT molecular complexity index is 1160. The van der Waals surface area contributed by atoms with Crippen LogP contribution in [0.25, 0.3) is 0 Å². The minimum atomic E-state index is -1.09. The van der Waals surface area contributed by atoms with Gasteiger partial charge in [-0.15, -0.1) is 0 Å². The lowest BCUT2D eigenvalue weighted by Gasteiger charge is -2.38. The molecule has 3 fully saturated rings. The highest BCUT2D eigenvalue weighted by Gasteiger charge is 2.79. The van der Waals surface area contributed by atoms with Gasteiger partial charge in [0.05, 0.1) is 24.0 Å². The molecule has 9 nitrogen and oxygen atoms in total. The summed E-state index contributed by atoms with van der Waals surface area (Å²) in [5.41, 5.74) is -1.89. The van der Waals surface area contributed by atoms with Crippen molar-refractivity contribution in [2.45, 2.75) is 110 Å². The Labute approximate surface area is 251 Å². The first kappa shape index (κ1) is 32.3. The second kappa shape index (κ2) is 11.8. The number of ether oxygens (including phenoxy) is 2. The third-order valence-corrected chi connectivity index (χ3v) is 9.27. The number of carbonyl (C=O) groups is 3. The Hall–Kier alpha value is -2.65.